The highest BCUT2D eigenvalue weighted by atomic mass is 16.6. The first-order valence-electron chi connectivity index (χ1n) is 12.9. The molecule has 0 atom stereocenters. The second kappa shape index (κ2) is 23.1. The molecular formula is C27H42O9. The van der Waals surface area contributed by atoms with E-state index in [1.165, 1.54) is 25.7 Å². The molecule has 204 valence electrons. The molecule has 0 bridgehead atoms. The predicted octanol–water partition coefficient (Wildman–Crippen LogP) is 3.77. The summed E-state index contributed by atoms with van der Waals surface area (Å²) in [6.45, 7) is 5.39. The van der Waals surface area contributed by atoms with Crippen LogP contribution in [0.15, 0.2) is 30.3 Å². The highest BCUT2D eigenvalue weighted by molar-refractivity contribution is 6.40. The molecule has 0 aliphatic carbocycles. The summed E-state index contributed by atoms with van der Waals surface area (Å²) in [5.41, 5.74) is 0.296. The molecule has 0 amide bonds. The number of hydrogen-bond donors (Lipinski definition) is 0. The van der Waals surface area contributed by atoms with Crippen molar-refractivity contribution in [1.29, 1.82) is 0 Å². The van der Waals surface area contributed by atoms with E-state index in [1.807, 2.05) is 0 Å². The van der Waals surface area contributed by atoms with E-state index in [2.05, 4.69) is 6.92 Å². The zero-order valence-corrected chi connectivity index (χ0v) is 21.6. The minimum Gasteiger partial charge on any atom is -0.463 e. The van der Waals surface area contributed by atoms with Crippen LogP contribution in [-0.2, 0) is 38.0 Å². The lowest BCUT2D eigenvalue weighted by Gasteiger charge is -2.08. The molecule has 1 rings (SSSR count). The van der Waals surface area contributed by atoms with E-state index in [4.69, 9.17) is 28.4 Å². The lowest BCUT2D eigenvalue weighted by molar-refractivity contribution is -0.145. The highest BCUT2D eigenvalue weighted by Gasteiger charge is 2.17. The number of benzene rings is 1. The summed E-state index contributed by atoms with van der Waals surface area (Å²) in [6.07, 6.45) is 7.35. The molecule has 1 aromatic rings. The van der Waals surface area contributed by atoms with E-state index < -0.39 is 11.8 Å². The number of ketones is 1. The fraction of sp³-hybridized carbons (Fsp3) is 0.667. The second-order valence-corrected chi connectivity index (χ2v) is 8.02. The molecule has 0 radical (unpaired) electrons. The lowest BCUT2D eigenvalue weighted by atomic mass is 10.1. The third kappa shape index (κ3) is 18.0. The fourth-order valence-corrected chi connectivity index (χ4v) is 3.06. The molecule has 0 unspecified atom stereocenters. The van der Waals surface area contributed by atoms with Crippen molar-refractivity contribution >= 4 is 17.7 Å². The fourth-order valence-electron chi connectivity index (χ4n) is 3.06. The molecule has 0 saturated heterocycles. The van der Waals surface area contributed by atoms with Crippen molar-refractivity contribution < 1.29 is 42.8 Å². The van der Waals surface area contributed by atoms with Gasteiger partial charge in [-0.25, -0.2) is 4.79 Å². The topological polar surface area (TPSA) is 107 Å². The number of Topliss-reactive ketones (excluding diaryl/α,β-unsaturated/α-hetero) is 1. The number of ether oxygens (including phenoxy) is 6. The number of rotatable bonds is 24. The van der Waals surface area contributed by atoms with E-state index in [-0.39, 0.29) is 25.8 Å². The van der Waals surface area contributed by atoms with Gasteiger partial charge in [0, 0.05) is 12.0 Å². The first-order valence-corrected chi connectivity index (χ1v) is 12.9. The molecule has 0 aliphatic rings. The molecular weight excluding hydrogens is 468 g/mol. The zero-order valence-electron chi connectivity index (χ0n) is 21.6. The summed E-state index contributed by atoms with van der Waals surface area (Å²) < 4.78 is 31.5. The van der Waals surface area contributed by atoms with E-state index in [1.54, 1.807) is 30.3 Å². The molecule has 0 aromatic heterocycles. The van der Waals surface area contributed by atoms with Crippen LogP contribution in [0.2, 0.25) is 0 Å². The quantitative estimate of drug-likeness (QED) is 0.0889. The van der Waals surface area contributed by atoms with Gasteiger partial charge in [0.2, 0.25) is 0 Å². The van der Waals surface area contributed by atoms with E-state index in [0.29, 0.717) is 58.2 Å². The minimum absolute atomic E-state index is 0.00115. The summed E-state index contributed by atoms with van der Waals surface area (Å²) in [4.78, 5) is 35.1. The van der Waals surface area contributed by atoms with Crippen LogP contribution in [0.5, 0.6) is 0 Å². The molecule has 0 spiro atoms. The highest BCUT2D eigenvalue weighted by Crippen LogP contribution is 2.07. The Morgan fingerprint density at radius 1 is 0.583 bits per heavy atom. The van der Waals surface area contributed by atoms with Gasteiger partial charge in [-0.3, -0.25) is 9.59 Å². The van der Waals surface area contributed by atoms with E-state index in [9.17, 15) is 14.4 Å². The Bertz CT molecular complexity index is 694. The standard InChI is InChI=1S/C27H42O9/c1-2-3-4-5-6-10-13-25(28)35-22-20-33-18-16-31-14-15-32-17-19-34-21-23-36-27(30)26(29)24-11-8-7-9-12-24/h7-9,11-12H,2-6,10,13-23H2,1H3. The van der Waals surface area contributed by atoms with Gasteiger partial charge >= 0.3 is 11.9 Å². The van der Waals surface area contributed by atoms with Crippen LogP contribution >= 0.6 is 0 Å². The van der Waals surface area contributed by atoms with Crippen LogP contribution in [0, 0.1) is 0 Å². The van der Waals surface area contributed by atoms with Gasteiger partial charge in [0.1, 0.15) is 13.2 Å². The molecule has 9 nitrogen and oxygen atoms in total. The Morgan fingerprint density at radius 2 is 1.06 bits per heavy atom. The molecule has 1 aromatic carbocycles. The van der Waals surface area contributed by atoms with Gasteiger partial charge < -0.3 is 28.4 Å². The summed E-state index contributed by atoms with van der Waals surface area (Å²) in [5.74, 6) is -1.73. The van der Waals surface area contributed by atoms with Crippen molar-refractivity contribution in [1.82, 2.24) is 0 Å². The number of unbranched alkanes of at least 4 members (excludes halogenated alkanes) is 5. The SMILES string of the molecule is CCCCCCCCC(=O)OCCOCCOCCOCCOCCOC(=O)C(=O)c1ccccc1. The lowest BCUT2D eigenvalue weighted by Crippen LogP contribution is -2.20. The molecule has 0 saturated carbocycles. The number of carbonyl (C=O) groups is 3. The first-order chi connectivity index (χ1) is 17.6. The Kier molecular flexibility index (Phi) is 20.3. The van der Waals surface area contributed by atoms with Crippen molar-refractivity contribution in [2.45, 2.75) is 51.9 Å². The maximum absolute atomic E-state index is 11.8. The summed E-state index contributed by atoms with van der Waals surface area (Å²) >= 11 is 0. The Morgan fingerprint density at radius 3 is 1.61 bits per heavy atom. The average Bonchev–Trinajstić information content (AvgIpc) is 2.90. The third-order valence-corrected chi connectivity index (χ3v) is 5.02. The maximum atomic E-state index is 11.8. The molecule has 0 N–H and O–H groups in total. The Balaban J connectivity index is 1.78. The first kappa shape index (κ1) is 31.7. The smallest absolute Gasteiger partial charge is 0.379 e. The number of esters is 2. The average molecular weight is 511 g/mol. The van der Waals surface area contributed by atoms with Gasteiger partial charge in [-0.05, 0) is 6.42 Å². The number of carbonyl (C=O) groups excluding carboxylic acids is 3. The normalized spacial score (nSPS) is 10.8. The van der Waals surface area contributed by atoms with Crippen molar-refractivity contribution in [2.75, 3.05) is 66.1 Å². The zero-order chi connectivity index (χ0) is 26.1. The summed E-state index contributed by atoms with van der Waals surface area (Å²) in [6, 6.07) is 8.25. The minimum atomic E-state index is -0.897. The van der Waals surface area contributed by atoms with Crippen LogP contribution in [-0.4, -0.2) is 83.8 Å². The molecule has 0 heterocycles. The Hall–Kier alpha value is -2.33. The van der Waals surface area contributed by atoms with E-state index in [0.717, 1.165) is 12.8 Å². The van der Waals surface area contributed by atoms with Crippen LogP contribution in [0.25, 0.3) is 0 Å². The maximum Gasteiger partial charge on any atom is 0.379 e. The van der Waals surface area contributed by atoms with Gasteiger partial charge in [0.15, 0.2) is 0 Å². The van der Waals surface area contributed by atoms with Gasteiger partial charge in [-0.2, -0.15) is 0 Å². The van der Waals surface area contributed by atoms with Gasteiger partial charge in [-0.1, -0.05) is 69.4 Å². The number of hydrogen-bond acceptors (Lipinski definition) is 9. The predicted molar refractivity (Wildman–Crippen MR) is 134 cm³/mol. The van der Waals surface area contributed by atoms with Crippen molar-refractivity contribution in [2.24, 2.45) is 0 Å². The van der Waals surface area contributed by atoms with Crippen LogP contribution < -0.4 is 0 Å². The van der Waals surface area contributed by atoms with Crippen LogP contribution in [0.3, 0.4) is 0 Å². The second-order valence-electron chi connectivity index (χ2n) is 8.02. The largest absolute Gasteiger partial charge is 0.463 e. The van der Waals surface area contributed by atoms with Crippen LogP contribution in [0.4, 0.5) is 0 Å². The molecule has 36 heavy (non-hydrogen) atoms. The summed E-state index contributed by atoms with van der Waals surface area (Å²) in [5, 5.41) is 0. The monoisotopic (exact) mass is 510 g/mol. The summed E-state index contributed by atoms with van der Waals surface area (Å²) in [7, 11) is 0. The Labute approximate surface area is 214 Å². The van der Waals surface area contributed by atoms with Gasteiger partial charge in [0.05, 0.1) is 52.9 Å². The third-order valence-electron chi connectivity index (χ3n) is 5.02. The van der Waals surface area contributed by atoms with Crippen molar-refractivity contribution in [3.8, 4) is 0 Å². The molecule has 9 heteroatoms. The van der Waals surface area contributed by atoms with Crippen LogP contribution in [0.1, 0.15) is 62.2 Å². The van der Waals surface area contributed by atoms with Crippen molar-refractivity contribution in [3.05, 3.63) is 35.9 Å². The van der Waals surface area contributed by atoms with E-state index >= 15 is 0 Å². The van der Waals surface area contributed by atoms with Gasteiger partial charge in [-0.15, -0.1) is 0 Å². The molecule has 0 fully saturated rings. The van der Waals surface area contributed by atoms with Gasteiger partial charge in [0.25, 0.3) is 5.78 Å². The molecule has 0 aliphatic heterocycles. The van der Waals surface area contributed by atoms with Crippen molar-refractivity contribution in [3.63, 3.8) is 0 Å².